The zero-order valence-corrected chi connectivity index (χ0v) is 16.4. The SMILES string of the molecule is CC(=O)c1c[nH]c(C(=O)OCC(=O)c2cc(C)n(Cc3ccc(F)cc3)c2C)c1. The molecule has 0 saturated carbocycles. The van der Waals surface area contributed by atoms with E-state index in [9.17, 15) is 18.8 Å². The maximum absolute atomic E-state index is 13.1. The summed E-state index contributed by atoms with van der Waals surface area (Å²) in [6.07, 6.45) is 1.42. The monoisotopic (exact) mass is 396 g/mol. The van der Waals surface area contributed by atoms with E-state index in [0.717, 1.165) is 17.0 Å². The number of rotatable bonds is 7. The van der Waals surface area contributed by atoms with Gasteiger partial charge in [-0.1, -0.05) is 12.1 Å². The average Bonchev–Trinajstić information content (AvgIpc) is 3.28. The van der Waals surface area contributed by atoms with Gasteiger partial charge in [-0.3, -0.25) is 9.59 Å². The van der Waals surface area contributed by atoms with Gasteiger partial charge in [0.15, 0.2) is 12.4 Å². The van der Waals surface area contributed by atoms with Gasteiger partial charge in [-0.15, -0.1) is 0 Å². The molecule has 3 aromatic rings. The van der Waals surface area contributed by atoms with Crippen LogP contribution in [0, 0.1) is 19.7 Å². The molecule has 29 heavy (non-hydrogen) atoms. The summed E-state index contributed by atoms with van der Waals surface area (Å²) in [5.74, 6) is -1.50. The smallest absolute Gasteiger partial charge is 0.355 e. The maximum Gasteiger partial charge on any atom is 0.355 e. The van der Waals surface area contributed by atoms with Crippen molar-refractivity contribution in [3.05, 3.63) is 82.2 Å². The van der Waals surface area contributed by atoms with E-state index in [4.69, 9.17) is 4.74 Å². The van der Waals surface area contributed by atoms with E-state index in [1.165, 1.54) is 31.3 Å². The molecule has 0 unspecified atom stereocenters. The summed E-state index contributed by atoms with van der Waals surface area (Å²) >= 11 is 0. The van der Waals surface area contributed by atoms with Gasteiger partial charge in [0.2, 0.25) is 5.78 Å². The van der Waals surface area contributed by atoms with Crippen LogP contribution in [0.3, 0.4) is 0 Å². The minimum Gasteiger partial charge on any atom is -0.453 e. The minimum atomic E-state index is -0.703. The number of halogens is 1. The standard InChI is InChI=1S/C22H21FN2O4/c1-13-8-19(14(2)25(13)11-16-4-6-18(23)7-5-16)21(27)12-29-22(28)20-9-17(10-24-20)15(3)26/h4-10,24H,11-12H2,1-3H3. The quantitative estimate of drug-likeness (QED) is 0.486. The van der Waals surface area contributed by atoms with Crippen LogP contribution in [0.1, 0.15) is 55.1 Å². The highest BCUT2D eigenvalue weighted by atomic mass is 19.1. The summed E-state index contributed by atoms with van der Waals surface area (Å²) < 4.78 is 20.1. The highest BCUT2D eigenvalue weighted by Crippen LogP contribution is 2.18. The van der Waals surface area contributed by atoms with Crippen molar-refractivity contribution in [1.29, 1.82) is 0 Å². The summed E-state index contributed by atoms with van der Waals surface area (Å²) in [4.78, 5) is 38.6. The topological polar surface area (TPSA) is 81.2 Å². The number of aromatic amines is 1. The number of esters is 1. The molecule has 0 bridgehead atoms. The molecule has 0 aliphatic heterocycles. The van der Waals surface area contributed by atoms with Crippen LogP contribution in [0.25, 0.3) is 0 Å². The summed E-state index contributed by atoms with van der Waals surface area (Å²) in [6.45, 7) is 5.18. The second kappa shape index (κ2) is 8.26. The first-order chi connectivity index (χ1) is 13.8. The van der Waals surface area contributed by atoms with Crippen molar-refractivity contribution in [2.24, 2.45) is 0 Å². The molecular weight excluding hydrogens is 375 g/mol. The van der Waals surface area contributed by atoms with E-state index < -0.39 is 12.6 Å². The van der Waals surface area contributed by atoms with Gasteiger partial charge >= 0.3 is 5.97 Å². The normalized spacial score (nSPS) is 10.8. The highest BCUT2D eigenvalue weighted by Gasteiger charge is 2.19. The molecule has 2 heterocycles. The number of nitrogens with one attached hydrogen (secondary N) is 1. The molecule has 3 rings (SSSR count). The van der Waals surface area contributed by atoms with Gasteiger partial charge in [0.05, 0.1) is 0 Å². The summed E-state index contributed by atoms with van der Waals surface area (Å²) in [6, 6.07) is 9.33. The second-order valence-electron chi connectivity index (χ2n) is 6.85. The second-order valence-corrected chi connectivity index (χ2v) is 6.85. The van der Waals surface area contributed by atoms with Gasteiger partial charge in [0.1, 0.15) is 11.5 Å². The largest absolute Gasteiger partial charge is 0.453 e. The lowest BCUT2D eigenvalue weighted by atomic mass is 10.1. The van der Waals surface area contributed by atoms with E-state index in [1.807, 2.05) is 18.4 Å². The molecule has 0 amide bonds. The molecule has 150 valence electrons. The Balaban J connectivity index is 1.68. The first-order valence-corrected chi connectivity index (χ1v) is 9.07. The summed E-state index contributed by atoms with van der Waals surface area (Å²) in [5.41, 5.74) is 3.47. The fourth-order valence-electron chi connectivity index (χ4n) is 3.10. The molecule has 1 aromatic carbocycles. The fraction of sp³-hybridized carbons (Fsp3) is 0.227. The number of nitrogens with zero attached hydrogens (tertiary/aromatic N) is 1. The number of hydrogen-bond acceptors (Lipinski definition) is 4. The zero-order chi connectivity index (χ0) is 21.1. The number of H-pyrrole nitrogens is 1. The Bertz CT molecular complexity index is 1080. The summed E-state index contributed by atoms with van der Waals surface area (Å²) in [5, 5.41) is 0. The number of Topliss-reactive ketones (excluding diaryl/α,β-unsaturated/α-hetero) is 2. The molecular formula is C22H21FN2O4. The van der Waals surface area contributed by atoms with Crippen LogP contribution in [0.4, 0.5) is 4.39 Å². The Morgan fingerprint density at radius 2 is 1.79 bits per heavy atom. The first kappa shape index (κ1) is 20.3. The van der Waals surface area contributed by atoms with Crippen molar-refractivity contribution >= 4 is 17.5 Å². The molecule has 0 spiro atoms. The highest BCUT2D eigenvalue weighted by molar-refractivity contribution is 6.01. The predicted octanol–water partition coefficient (Wildman–Crippen LogP) is 3.86. The van der Waals surface area contributed by atoms with Crippen molar-refractivity contribution in [3.8, 4) is 0 Å². The van der Waals surface area contributed by atoms with E-state index in [2.05, 4.69) is 4.98 Å². The lowest BCUT2D eigenvalue weighted by Crippen LogP contribution is -2.15. The lowest BCUT2D eigenvalue weighted by molar-refractivity contribution is 0.0469. The van der Waals surface area contributed by atoms with E-state index >= 15 is 0 Å². The fourth-order valence-corrected chi connectivity index (χ4v) is 3.10. The van der Waals surface area contributed by atoms with Crippen LogP contribution >= 0.6 is 0 Å². The molecule has 2 aromatic heterocycles. The van der Waals surface area contributed by atoms with Gasteiger partial charge in [-0.2, -0.15) is 0 Å². The van der Waals surface area contributed by atoms with Crippen molar-refractivity contribution in [2.75, 3.05) is 6.61 Å². The third-order valence-electron chi connectivity index (χ3n) is 4.77. The number of carbonyl (C=O) groups excluding carboxylic acids is 3. The predicted molar refractivity (Wildman–Crippen MR) is 105 cm³/mol. The van der Waals surface area contributed by atoms with Crippen LogP contribution in [-0.2, 0) is 11.3 Å². The molecule has 0 aliphatic rings. The van der Waals surface area contributed by atoms with Crippen LogP contribution in [0.5, 0.6) is 0 Å². The van der Waals surface area contributed by atoms with Crippen LogP contribution < -0.4 is 0 Å². The number of aromatic nitrogens is 2. The Morgan fingerprint density at radius 3 is 2.41 bits per heavy atom. The molecule has 7 heteroatoms. The summed E-state index contributed by atoms with van der Waals surface area (Å²) in [7, 11) is 0. The molecule has 0 fully saturated rings. The van der Waals surface area contributed by atoms with E-state index in [0.29, 0.717) is 17.7 Å². The molecule has 0 radical (unpaired) electrons. The zero-order valence-electron chi connectivity index (χ0n) is 16.4. The van der Waals surface area contributed by atoms with E-state index in [-0.39, 0.29) is 23.1 Å². The van der Waals surface area contributed by atoms with Crippen molar-refractivity contribution in [1.82, 2.24) is 9.55 Å². The number of carbonyl (C=O) groups is 3. The molecule has 0 saturated heterocycles. The van der Waals surface area contributed by atoms with Gasteiger partial charge in [0, 0.05) is 35.3 Å². The van der Waals surface area contributed by atoms with Crippen LogP contribution in [-0.4, -0.2) is 33.7 Å². The third kappa shape index (κ3) is 4.51. The Labute approximate surface area is 167 Å². The van der Waals surface area contributed by atoms with Crippen molar-refractivity contribution in [3.63, 3.8) is 0 Å². The maximum atomic E-state index is 13.1. The van der Waals surface area contributed by atoms with Gasteiger partial charge in [0.25, 0.3) is 0 Å². The van der Waals surface area contributed by atoms with Crippen molar-refractivity contribution in [2.45, 2.75) is 27.3 Å². The van der Waals surface area contributed by atoms with Gasteiger partial charge in [-0.25, -0.2) is 9.18 Å². The minimum absolute atomic E-state index is 0.116. The Hall–Kier alpha value is -3.48. The first-order valence-electron chi connectivity index (χ1n) is 9.07. The number of ether oxygens (including phenoxy) is 1. The van der Waals surface area contributed by atoms with Gasteiger partial charge < -0.3 is 14.3 Å². The number of benzene rings is 1. The molecule has 0 atom stereocenters. The third-order valence-corrected chi connectivity index (χ3v) is 4.77. The lowest BCUT2D eigenvalue weighted by Gasteiger charge is -2.10. The van der Waals surface area contributed by atoms with E-state index in [1.54, 1.807) is 18.2 Å². The Kier molecular flexibility index (Phi) is 5.77. The molecule has 0 aliphatic carbocycles. The molecule has 6 nitrogen and oxygen atoms in total. The van der Waals surface area contributed by atoms with Crippen LogP contribution in [0.15, 0.2) is 42.6 Å². The average molecular weight is 396 g/mol. The number of aryl methyl sites for hydroxylation is 1. The number of ketones is 2. The Morgan fingerprint density at radius 1 is 1.10 bits per heavy atom. The molecule has 1 N–H and O–H groups in total. The van der Waals surface area contributed by atoms with Crippen molar-refractivity contribution < 1.29 is 23.5 Å². The van der Waals surface area contributed by atoms with Gasteiger partial charge in [-0.05, 0) is 50.6 Å². The van der Waals surface area contributed by atoms with Crippen LogP contribution in [0.2, 0.25) is 0 Å². The number of hydrogen-bond donors (Lipinski definition) is 1.